The molecular weight excluding hydrogens is 268 g/mol. The minimum atomic E-state index is -0.0825. The maximum Gasteiger partial charge on any atom is 0.315 e. The molecule has 1 spiro atoms. The van der Waals surface area contributed by atoms with E-state index in [0.29, 0.717) is 12.6 Å². The highest BCUT2D eigenvalue weighted by Gasteiger charge is 2.57. The van der Waals surface area contributed by atoms with E-state index in [-0.39, 0.29) is 29.5 Å². The number of ether oxygens (including phenoxy) is 1. The second-order valence-electron chi connectivity index (χ2n) is 7.16. The largest absolute Gasteiger partial charge is 0.396 e. The zero-order chi connectivity index (χ0) is 14.9. The van der Waals surface area contributed by atoms with Gasteiger partial charge < -0.3 is 20.5 Å². The van der Waals surface area contributed by atoms with E-state index in [1.165, 1.54) is 25.7 Å². The first-order valence-corrected chi connectivity index (χ1v) is 8.41. The molecule has 5 heteroatoms. The number of urea groups is 1. The van der Waals surface area contributed by atoms with Crippen molar-refractivity contribution in [3.05, 3.63) is 0 Å². The minimum absolute atomic E-state index is 0.0319. The van der Waals surface area contributed by atoms with E-state index in [1.807, 2.05) is 6.92 Å². The van der Waals surface area contributed by atoms with Crippen LogP contribution in [-0.4, -0.2) is 43.0 Å². The third kappa shape index (κ3) is 2.78. The lowest BCUT2D eigenvalue weighted by atomic mass is 9.60. The van der Waals surface area contributed by atoms with Crippen LogP contribution >= 0.6 is 0 Å². The van der Waals surface area contributed by atoms with E-state index in [9.17, 15) is 9.90 Å². The van der Waals surface area contributed by atoms with Crippen molar-refractivity contribution in [2.75, 3.05) is 19.8 Å². The molecule has 0 heterocycles. The predicted molar refractivity (Wildman–Crippen MR) is 80.0 cm³/mol. The van der Waals surface area contributed by atoms with Gasteiger partial charge in [0.05, 0.1) is 12.7 Å². The van der Waals surface area contributed by atoms with Crippen molar-refractivity contribution in [1.29, 1.82) is 0 Å². The number of carbonyl (C=O) groups excluding carboxylic acids is 1. The van der Waals surface area contributed by atoms with Gasteiger partial charge in [-0.2, -0.15) is 0 Å². The Bertz CT molecular complexity index is 389. The van der Waals surface area contributed by atoms with Gasteiger partial charge in [-0.15, -0.1) is 0 Å². The van der Waals surface area contributed by atoms with Gasteiger partial charge >= 0.3 is 6.03 Å². The van der Waals surface area contributed by atoms with E-state index in [1.54, 1.807) is 0 Å². The first-order valence-electron chi connectivity index (χ1n) is 8.41. The summed E-state index contributed by atoms with van der Waals surface area (Å²) < 4.78 is 5.86. The van der Waals surface area contributed by atoms with Gasteiger partial charge in [0.15, 0.2) is 0 Å². The van der Waals surface area contributed by atoms with Crippen molar-refractivity contribution in [2.24, 2.45) is 10.8 Å². The number of aliphatic hydroxyl groups is 1. The SMILES string of the molecule is CCO[C@@H]1C[C@@H](NC(=O)NCC2(CO)CC2)C12CCCC2. The van der Waals surface area contributed by atoms with Gasteiger partial charge in [-0.3, -0.25) is 0 Å². The van der Waals surface area contributed by atoms with Crippen LogP contribution < -0.4 is 10.6 Å². The van der Waals surface area contributed by atoms with Crippen molar-refractivity contribution < 1.29 is 14.6 Å². The number of aliphatic hydroxyl groups excluding tert-OH is 1. The Labute approximate surface area is 126 Å². The van der Waals surface area contributed by atoms with Gasteiger partial charge in [0.25, 0.3) is 0 Å². The molecule has 2 atom stereocenters. The molecule has 0 aromatic carbocycles. The summed E-state index contributed by atoms with van der Waals surface area (Å²) >= 11 is 0. The molecule has 2 amide bonds. The van der Waals surface area contributed by atoms with E-state index in [0.717, 1.165) is 25.9 Å². The molecule has 0 bridgehead atoms. The molecule has 21 heavy (non-hydrogen) atoms. The summed E-state index contributed by atoms with van der Waals surface area (Å²) in [5, 5.41) is 15.4. The van der Waals surface area contributed by atoms with Gasteiger partial charge in [0, 0.05) is 30.0 Å². The lowest BCUT2D eigenvalue weighted by molar-refractivity contribution is -0.126. The summed E-state index contributed by atoms with van der Waals surface area (Å²) in [5.41, 5.74) is 0.150. The molecule has 0 unspecified atom stereocenters. The maximum absolute atomic E-state index is 12.1. The molecule has 3 rings (SSSR count). The van der Waals surface area contributed by atoms with Gasteiger partial charge in [-0.25, -0.2) is 4.79 Å². The molecule has 3 saturated carbocycles. The Balaban J connectivity index is 1.49. The zero-order valence-corrected chi connectivity index (χ0v) is 13.0. The summed E-state index contributed by atoms with van der Waals surface area (Å²) in [4.78, 5) is 12.1. The summed E-state index contributed by atoms with van der Waals surface area (Å²) in [6.07, 6.45) is 8.13. The van der Waals surface area contributed by atoms with Crippen LogP contribution in [0.4, 0.5) is 4.79 Å². The Kier molecular flexibility index (Phi) is 4.14. The lowest BCUT2D eigenvalue weighted by Gasteiger charge is -2.54. The van der Waals surface area contributed by atoms with Crippen LogP contribution in [0, 0.1) is 10.8 Å². The smallest absolute Gasteiger partial charge is 0.315 e. The standard InChI is InChI=1S/C16H28N2O3/c1-2-21-13-9-12(16(13)5-3-4-6-16)18-14(20)17-10-15(11-19)7-8-15/h12-13,19H,2-11H2,1H3,(H2,17,18,20)/t12-,13-/m1/s1. The van der Waals surface area contributed by atoms with Crippen molar-refractivity contribution in [2.45, 2.75) is 64.0 Å². The molecule has 3 aliphatic carbocycles. The molecule has 0 radical (unpaired) electrons. The molecule has 0 aromatic heterocycles. The van der Waals surface area contributed by atoms with Crippen LogP contribution in [-0.2, 0) is 4.74 Å². The highest BCUT2D eigenvalue weighted by molar-refractivity contribution is 5.74. The number of nitrogens with one attached hydrogen (secondary N) is 2. The molecule has 3 fully saturated rings. The second kappa shape index (κ2) is 5.76. The predicted octanol–water partition coefficient (Wildman–Crippen LogP) is 1.80. The van der Waals surface area contributed by atoms with Crippen molar-refractivity contribution in [3.63, 3.8) is 0 Å². The van der Waals surface area contributed by atoms with Crippen LogP contribution in [0.1, 0.15) is 51.9 Å². The molecule has 0 aliphatic heterocycles. The van der Waals surface area contributed by atoms with E-state index in [4.69, 9.17) is 4.74 Å². The molecule has 3 aliphatic rings. The van der Waals surface area contributed by atoms with Crippen LogP contribution in [0.2, 0.25) is 0 Å². The molecule has 3 N–H and O–H groups in total. The number of hydrogen-bond acceptors (Lipinski definition) is 3. The van der Waals surface area contributed by atoms with Gasteiger partial charge in [0.2, 0.25) is 0 Å². The van der Waals surface area contributed by atoms with E-state index < -0.39 is 0 Å². The normalized spacial score (nSPS) is 31.7. The summed E-state index contributed by atoms with van der Waals surface area (Å²) in [6, 6.07) is 0.168. The minimum Gasteiger partial charge on any atom is -0.396 e. The Morgan fingerprint density at radius 3 is 2.57 bits per heavy atom. The van der Waals surface area contributed by atoms with Crippen LogP contribution in [0.25, 0.3) is 0 Å². The number of hydrogen-bond donors (Lipinski definition) is 3. The zero-order valence-electron chi connectivity index (χ0n) is 13.0. The van der Waals surface area contributed by atoms with Gasteiger partial charge in [-0.05, 0) is 39.0 Å². The molecule has 5 nitrogen and oxygen atoms in total. The topological polar surface area (TPSA) is 70.6 Å². The number of amides is 2. The molecule has 0 saturated heterocycles. The van der Waals surface area contributed by atoms with Crippen molar-refractivity contribution in [3.8, 4) is 0 Å². The van der Waals surface area contributed by atoms with Crippen molar-refractivity contribution in [1.82, 2.24) is 10.6 Å². The molecular formula is C16H28N2O3. The number of rotatable bonds is 6. The lowest BCUT2D eigenvalue weighted by Crippen LogP contribution is -2.65. The summed E-state index contributed by atoms with van der Waals surface area (Å²) in [7, 11) is 0. The monoisotopic (exact) mass is 296 g/mol. The fraction of sp³-hybridized carbons (Fsp3) is 0.938. The average molecular weight is 296 g/mol. The van der Waals surface area contributed by atoms with E-state index >= 15 is 0 Å². The Morgan fingerprint density at radius 1 is 1.29 bits per heavy atom. The van der Waals surface area contributed by atoms with E-state index in [2.05, 4.69) is 10.6 Å². The molecule has 0 aromatic rings. The number of carbonyl (C=O) groups is 1. The summed E-state index contributed by atoms with van der Waals surface area (Å²) in [5.74, 6) is 0. The Hall–Kier alpha value is -0.810. The fourth-order valence-corrected chi connectivity index (χ4v) is 4.13. The Morgan fingerprint density at radius 2 is 2.00 bits per heavy atom. The van der Waals surface area contributed by atoms with Crippen LogP contribution in [0.5, 0.6) is 0 Å². The third-order valence-corrected chi connectivity index (χ3v) is 5.91. The fourth-order valence-electron chi connectivity index (χ4n) is 4.13. The van der Waals surface area contributed by atoms with Gasteiger partial charge in [-0.1, -0.05) is 12.8 Å². The highest BCUT2D eigenvalue weighted by Crippen LogP contribution is 2.54. The van der Waals surface area contributed by atoms with Crippen molar-refractivity contribution >= 4 is 6.03 Å². The quantitative estimate of drug-likeness (QED) is 0.700. The molecule has 120 valence electrons. The van der Waals surface area contributed by atoms with Crippen LogP contribution in [0.3, 0.4) is 0 Å². The third-order valence-electron chi connectivity index (χ3n) is 5.91. The first kappa shape index (κ1) is 15.1. The highest BCUT2D eigenvalue weighted by atomic mass is 16.5. The van der Waals surface area contributed by atoms with Crippen LogP contribution in [0.15, 0.2) is 0 Å². The average Bonchev–Trinajstić information content (AvgIpc) is 3.07. The second-order valence-corrected chi connectivity index (χ2v) is 7.16. The summed E-state index contributed by atoms with van der Waals surface area (Å²) in [6.45, 7) is 3.56. The maximum atomic E-state index is 12.1. The van der Waals surface area contributed by atoms with Gasteiger partial charge in [0.1, 0.15) is 0 Å². The first-order chi connectivity index (χ1) is 10.1.